The maximum atomic E-state index is 12.5. The fraction of sp³-hybridized carbons (Fsp3) is 0.733. The van der Waals surface area contributed by atoms with Gasteiger partial charge in [0.25, 0.3) is 5.91 Å². The number of aliphatic hydroxyl groups excluding tert-OH is 1. The first-order chi connectivity index (χ1) is 9.84. The number of thiazole rings is 1. The monoisotopic (exact) mass is 312 g/mol. The number of carbonyl (C=O) groups excluding carboxylic acids is 1. The molecule has 0 saturated carbocycles. The van der Waals surface area contributed by atoms with Crippen LogP contribution in [0.3, 0.4) is 0 Å². The Labute approximate surface area is 129 Å². The van der Waals surface area contributed by atoms with E-state index >= 15 is 0 Å². The predicted molar refractivity (Wildman–Crippen MR) is 82.5 cm³/mol. The van der Waals surface area contributed by atoms with Gasteiger partial charge in [-0.15, -0.1) is 11.3 Å². The smallest absolute Gasteiger partial charge is 0.273 e. The summed E-state index contributed by atoms with van der Waals surface area (Å²) < 4.78 is 5.60. The van der Waals surface area contributed by atoms with Crippen LogP contribution in [0.2, 0.25) is 0 Å². The minimum absolute atomic E-state index is 0.0399. The van der Waals surface area contributed by atoms with Gasteiger partial charge in [0, 0.05) is 19.0 Å². The number of carbonyl (C=O) groups is 1. The average Bonchev–Trinajstić information content (AvgIpc) is 3.07. The maximum absolute atomic E-state index is 12.5. The van der Waals surface area contributed by atoms with Gasteiger partial charge in [-0.05, 0) is 18.3 Å². The van der Waals surface area contributed by atoms with E-state index in [2.05, 4.69) is 4.98 Å². The molecule has 21 heavy (non-hydrogen) atoms. The SMILES string of the molecule is CN(C(=O)c1csc(C2CCCO2)n1)C(CO)C(C)(C)C. The van der Waals surface area contributed by atoms with Crippen molar-refractivity contribution in [2.45, 2.75) is 45.8 Å². The van der Waals surface area contributed by atoms with Gasteiger partial charge in [0.05, 0.1) is 12.6 Å². The summed E-state index contributed by atoms with van der Waals surface area (Å²) >= 11 is 1.47. The Morgan fingerprint density at radius 3 is 2.86 bits per heavy atom. The van der Waals surface area contributed by atoms with Crippen LogP contribution < -0.4 is 0 Å². The van der Waals surface area contributed by atoms with E-state index in [4.69, 9.17) is 4.74 Å². The molecule has 1 aromatic heterocycles. The minimum Gasteiger partial charge on any atom is -0.394 e. The molecule has 1 aliphatic heterocycles. The van der Waals surface area contributed by atoms with Gasteiger partial charge in [-0.1, -0.05) is 20.8 Å². The van der Waals surface area contributed by atoms with Gasteiger partial charge in [-0.3, -0.25) is 4.79 Å². The van der Waals surface area contributed by atoms with Crippen molar-refractivity contribution in [3.8, 4) is 0 Å². The second-order valence-corrected chi connectivity index (χ2v) is 7.44. The lowest BCUT2D eigenvalue weighted by Crippen LogP contribution is -2.47. The van der Waals surface area contributed by atoms with E-state index in [1.807, 2.05) is 20.8 Å². The molecule has 2 atom stereocenters. The number of hydrogen-bond donors (Lipinski definition) is 1. The van der Waals surface area contributed by atoms with Crippen LogP contribution in [0.1, 0.15) is 55.2 Å². The number of hydrogen-bond acceptors (Lipinski definition) is 5. The van der Waals surface area contributed by atoms with Crippen LogP contribution in [-0.4, -0.2) is 47.2 Å². The van der Waals surface area contributed by atoms with Gasteiger partial charge in [0.2, 0.25) is 0 Å². The molecule has 1 fully saturated rings. The summed E-state index contributed by atoms with van der Waals surface area (Å²) in [7, 11) is 1.72. The standard InChI is InChI=1S/C15H24N2O3S/c1-15(2,3)12(8-18)17(4)14(19)10-9-21-13(16-10)11-6-5-7-20-11/h9,11-12,18H,5-8H2,1-4H3. The Bertz CT molecular complexity index is 489. The van der Waals surface area contributed by atoms with Crippen molar-refractivity contribution in [3.63, 3.8) is 0 Å². The lowest BCUT2D eigenvalue weighted by atomic mass is 9.86. The van der Waals surface area contributed by atoms with E-state index in [1.165, 1.54) is 11.3 Å². The molecule has 1 N–H and O–H groups in total. The van der Waals surface area contributed by atoms with E-state index in [0.717, 1.165) is 24.5 Å². The molecule has 1 aromatic rings. The molecule has 2 heterocycles. The van der Waals surface area contributed by atoms with Crippen molar-refractivity contribution in [1.82, 2.24) is 9.88 Å². The molecule has 0 aromatic carbocycles. The topological polar surface area (TPSA) is 62.7 Å². The molecule has 5 nitrogen and oxygen atoms in total. The highest BCUT2D eigenvalue weighted by molar-refractivity contribution is 7.09. The lowest BCUT2D eigenvalue weighted by Gasteiger charge is -2.36. The normalized spacial score (nSPS) is 20.5. The Morgan fingerprint density at radius 2 is 2.33 bits per heavy atom. The fourth-order valence-electron chi connectivity index (χ4n) is 2.61. The van der Waals surface area contributed by atoms with E-state index < -0.39 is 0 Å². The van der Waals surface area contributed by atoms with Gasteiger partial charge in [0.15, 0.2) is 0 Å². The Balaban J connectivity index is 2.12. The van der Waals surface area contributed by atoms with Crippen LogP contribution in [0, 0.1) is 5.41 Å². The summed E-state index contributed by atoms with van der Waals surface area (Å²) in [6, 6.07) is -0.238. The molecule has 1 saturated heterocycles. The first-order valence-corrected chi connectivity index (χ1v) is 8.17. The average molecular weight is 312 g/mol. The van der Waals surface area contributed by atoms with Gasteiger partial charge < -0.3 is 14.7 Å². The zero-order valence-electron chi connectivity index (χ0n) is 13.1. The fourth-order valence-corrected chi connectivity index (χ4v) is 3.48. The van der Waals surface area contributed by atoms with Gasteiger partial charge >= 0.3 is 0 Å². The van der Waals surface area contributed by atoms with Crippen LogP contribution >= 0.6 is 11.3 Å². The van der Waals surface area contributed by atoms with Crippen molar-refractivity contribution in [2.75, 3.05) is 20.3 Å². The van der Waals surface area contributed by atoms with Crippen molar-refractivity contribution in [3.05, 3.63) is 16.1 Å². The molecule has 2 rings (SSSR count). The molecule has 0 spiro atoms. The van der Waals surface area contributed by atoms with E-state index in [9.17, 15) is 9.90 Å². The summed E-state index contributed by atoms with van der Waals surface area (Å²) in [6.45, 7) is 6.74. The summed E-state index contributed by atoms with van der Waals surface area (Å²) in [5.74, 6) is -0.149. The first-order valence-electron chi connectivity index (χ1n) is 7.29. The summed E-state index contributed by atoms with van der Waals surface area (Å²) in [6.07, 6.45) is 2.06. The largest absolute Gasteiger partial charge is 0.394 e. The Morgan fingerprint density at radius 1 is 1.62 bits per heavy atom. The molecule has 2 unspecified atom stereocenters. The molecule has 0 aliphatic carbocycles. The number of likely N-dealkylation sites (N-methyl/N-ethyl adjacent to an activating group) is 1. The third-order valence-electron chi connectivity index (χ3n) is 3.91. The van der Waals surface area contributed by atoms with Gasteiger partial charge in [0.1, 0.15) is 16.8 Å². The molecule has 0 radical (unpaired) electrons. The van der Waals surface area contributed by atoms with Gasteiger partial charge in [-0.2, -0.15) is 0 Å². The number of amides is 1. The van der Waals surface area contributed by atoms with E-state index in [1.54, 1.807) is 17.3 Å². The zero-order valence-corrected chi connectivity index (χ0v) is 13.9. The zero-order chi connectivity index (χ0) is 15.6. The summed E-state index contributed by atoms with van der Waals surface area (Å²) in [4.78, 5) is 18.6. The maximum Gasteiger partial charge on any atom is 0.273 e. The molecule has 118 valence electrons. The predicted octanol–water partition coefficient (Wildman–Crippen LogP) is 2.47. The second kappa shape index (κ2) is 6.42. The van der Waals surface area contributed by atoms with Crippen molar-refractivity contribution in [1.29, 1.82) is 0 Å². The second-order valence-electron chi connectivity index (χ2n) is 6.55. The van der Waals surface area contributed by atoms with Crippen LogP contribution in [0.5, 0.6) is 0 Å². The Hall–Kier alpha value is -0.980. The quantitative estimate of drug-likeness (QED) is 0.928. The number of aromatic nitrogens is 1. The van der Waals surface area contributed by atoms with Crippen LogP contribution in [0.15, 0.2) is 5.38 Å². The highest BCUT2D eigenvalue weighted by Gasteiger charge is 2.32. The third kappa shape index (κ3) is 3.62. The van der Waals surface area contributed by atoms with Crippen LogP contribution in [0.4, 0.5) is 0 Å². The summed E-state index contributed by atoms with van der Waals surface area (Å²) in [5.41, 5.74) is 0.253. The number of nitrogens with zero attached hydrogens (tertiary/aromatic N) is 2. The molecule has 1 amide bonds. The van der Waals surface area contributed by atoms with Crippen LogP contribution in [0.25, 0.3) is 0 Å². The van der Waals surface area contributed by atoms with Gasteiger partial charge in [-0.25, -0.2) is 4.98 Å². The van der Waals surface area contributed by atoms with Crippen LogP contribution in [-0.2, 0) is 4.74 Å². The van der Waals surface area contributed by atoms with Crippen molar-refractivity contribution < 1.29 is 14.6 Å². The van der Waals surface area contributed by atoms with Crippen molar-refractivity contribution >= 4 is 17.2 Å². The van der Waals surface area contributed by atoms with Crippen molar-refractivity contribution in [2.24, 2.45) is 5.41 Å². The molecule has 1 aliphatic rings. The highest BCUT2D eigenvalue weighted by atomic mass is 32.1. The highest BCUT2D eigenvalue weighted by Crippen LogP contribution is 2.31. The Kier molecular flexibility index (Phi) is 5.01. The number of aliphatic hydroxyl groups is 1. The number of rotatable bonds is 4. The molecule has 0 bridgehead atoms. The minimum atomic E-state index is -0.238. The molecular formula is C15H24N2O3S. The molecule has 6 heteroatoms. The lowest BCUT2D eigenvalue weighted by molar-refractivity contribution is 0.0428. The summed E-state index contributed by atoms with van der Waals surface area (Å²) in [5, 5.41) is 12.2. The van der Waals surface area contributed by atoms with E-state index in [-0.39, 0.29) is 30.1 Å². The molecular weight excluding hydrogens is 288 g/mol. The third-order valence-corrected chi connectivity index (χ3v) is 4.84. The van der Waals surface area contributed by atoms with E-state index in [0.29, 0.717) is 5.69 Å². The first kappa shape index (κ1) is 16.4. The number of ether oxygens (including phenoxy) is 1.